The second-order valence-electron chi connectivity index (χ2n) is 8.27. The lowest BCUT2D eigenvalue weighted by Crippen LogP contribution is -2.10. The zero-order valence-electron chi connectivity index (χ0n) is 18.9. The van der Waals surface area contributed by atoms with Gasteiger partial charge in [0.05, 0.1) is 5.69 Å². The van der Waals surface area contributed by atoms with Gasteiger partial charge in [-0.1, -0.05) is 101 Å². The van der Waals surface area contributed by atoms with Gasteiger partial charge < -0.3 is 4.90 Å². The van der Waals surface area contributed by atoms with Crippen LogP contribution in [0.5, 0.6) is 0 Å². The number of hydrogen-bond donors (Lipinski definition) is 0. The van der Waals surface area contributed by atoms with Crippen molar-refractivity contribution in [3.05, 3.63) is 59.7 Å². The molecule has 2 nitrogen and oxygen atoms in total. The summed E-state index contributed by atoms with van der Waals surface area (Å²) in [7, 11) is 4.15. The normalized spacial score (nSPS) is 11.3. The molecule has 0 unspecified atom stereocenters. The van der Waals surface area contributed by atoms with Crippen molar-refractivity contribution in [3.8, 4) is 0 Å². The number of anilines is 1. The Bertz CT molecular complexity index is 718. The zero-order chi connectivity index (χ0) is 20.7. The van der Waals surface area contributed by atoms with E-state index in [0.717, 1.165) is 17.7 Å². The van der Waals surface area contributed by atoms with Gasteiger partial charge in [0, 0.05) is 31.6 Å². The van der Waals surface area contributed by atoms with Crippen molar-refractivity contribution in [1.29, 1.82) is 0 Å². The molecular weight excluding hydrogens is 352 g/mol. The van der Waals surface area contributed by atoms with Crippen LogP contribution in [-0.2, 0) is 6.42 Å². The molecule has 0 aliphatic heterocycles. The Balaban J connectivity index is 1.78. The van der Waals surface area contributed by atoms with Gasteiger partial charge in [-0.05, 0) is 30.5 Å². The number of hydrogen-bond acceptors (Lipinski definition) is 2. The van der Waals surface area contributed by atoms with Gasteiger partial charge in [-0.3, -0.25) is 4.99 Å². The summed E-state index contributed by atoms with van der Waals surface area (Å²) in [5, 5.41) is 0. The van der Waals surface area contributed by atoms with Crippen molar-refractivity contribution >= 4 is 17.6 Å². The van der Waals surface area contributed by atoms with E-state index in [-0.39, 0.29) is 0 Å². The molecule has 2 aromatic carbocycles. The van der Waals surface area contributed by atoms with Crippen LogP contribution in [0.15, 0.2) is 53.5 Å². The second kappa shape index (κ2) is 14.0. The Morgan fingerprint density at radius 3 is 2.00 bits per heavy atom. The summed E-state index contributed by atoms with van der Waals surface area (Å²) in [4.78, 5) is 6.97. The largest absolute Gasteiger partial charge is 0.377 e. The first-order valence-electron chi connectivity index (χ1n) is 11.6. The maximum atomic E-state index is 4.83. The van der Waals surface area contributed by atoms with Crippen molar-refractivity contribution in [2.75, 3.05) is 19.0 Å². The van der Waals surface area contributed by atoms with Gasteiger partial charge in [0.15, 0.2) is 0 Å². The lowest BCUT2D eigenvalue weighted by molar-refractivity contribution is 0.556. The van der Waals surface area contributed by atoms with Crippen molar-refractivity contribution < 1.29 is 0 Å². The first-order valence-corrected chi connectivity index (χ1v) is 11.6. The quantitative estimate of drug-likeness (QED) is 0.235. The van der Waals surface area contributed by atoms with Crippen molar-refractivity contribution in [3.63, 3.8) is 0 Å². The summed E-state index contributed by atoms with van der Waals surface area (Å²) in [5.41, 5.74) is 4.83. The van der Waals surface area contributed by atoms with Crippen LogP contribution in [0.4, 0.5) is 11.4 Å². The van der Waals surface area contributed by atoms with Crippen LogP contribution >= 0.6 is 0 Å². The van der Waals surface area contributed by atoms with Crippen LogP contribution in [0, 0.1) is 0 Å². The molecule has 0 heterocycles. The molecule has 2 rings (SSSR count). The Labute approximate surface area is 179 Å². The molecular formula is C27H40N2. The molecule has 0 atom stereocenters. The zero-order valence-corrected chi connectivity index (χ0v) is 18.9. The highest BCUT2D eigenvalue weighted by Gasteiger charge is 2.03. The topological polar surface area (TPSA) is 15.6 Å². The van der Waals surface area contributed by atoms with E-state index >= 15 is 0 Å². The predicted octanol–water partition coefficient (Wildman–Crippen LogP) is 7.97. The number of benzene rings is 2. The Hall–Kier alpha value is -2.09. The number of rotatable bonds is 14. The van der Waals surface area contributed by atoms with Gasteiger partial charge in [0.25, 0.3) is 0 Å². The predicted molar refractivity (Wildman–Crippen MR) is 130 cm³/mol. The van der Waals surface area contributed by atoms with Crippen molar-refractivity contribution in [1.82, 2.24) is 0 Å². The monoisotopic (exact) mass is 392 g/mol. The number of aliphatic imine (C=N–C) groups is 1. The molecule has 2 aromatic rings. The molecule has 158 valence electrons. The summed E-state index contributed by atoms with van der Waals surface area (Å²) in [6.45, 7) is 2.28. The Morgan fingerprint density at radius 2 is 1.31 bits per heavy atom. The smallest absolute Gasteiger partial charge is 0.0661 e. The highest BCUT2D eigenvalue weighted by atomic mass is 15.1. The summed E-state index contributed by atoms with van der Waals surface area (Å²) < 4.78 is 0. The van der Waals surface area contributed by atoms with E-state index in [0.29, 0.717) is 0 Å². The van der Waals surface area contributed by atoms with Gasteiger partial charge in [-0.15, -0.1) is 0 Å². The average Bonchev–Trinajstić information content (AvgIpc) is 2.74. The first-order chi connectivity index (χ1) is 14.2. The van der Waals surface area contributed by atoms with Crippen LogP contribution < -0.4 is 4.90 Å². The fraction of sp³-hybridized carbons (Fsp3) is 0.519. The first kappa shape index (κ1) is 23.2. The van der Waals surface area contributed by atoms with Crippen LogP contribution in [0.25, 0.3) is 0 Å². The Kier molecular flexibility index (Phi) is 11.2. The maximum Gasteiger partial charge on any atom is 0.0661 e. The molecule has 2 heteroatoms. The third-order valence-electron chi connectivity index (χ3n) is 5.55. The van der Waals surface area contributed by atoms with E-state index < -0.39 is 0 Å². The molecule has 0 aliphatic carbocycles. The molecule has 0 N–H and O–H groups in total. The van der Waals surface area contributed by atoms with Crippen LogP contribution in [-0.4, -0.2) is 20.3 Å². The van der Waals surface area contributed by atoms with Crippen molar-refractivity contribution in [2.45, 2.75) is 77.6 Å². The number of aryl methyl sites for hydroxylation is 1. The van der Waals surface area contributed by atoms with Gasteiger partial charge in [-0.25, -0.2) is 0 Å². The third kappa shape index (κ3) is 8.85. The highest BCUT2D eigenvalue weighted by molar-refractivity contribution is 5.89. The van der Waals surface area contributed by atoms with Crippen molar-refractivity contribution in [2.24, 2.45) is 4.99 Å². The molecule has 0 aromatic heterocycles. The Morgan fingerprint density at radius 1 is 0.724 bits per heavy atom. The van der Waals surface area contributed by atoms with Gasteiger partial charge in [0.2, 0.25) is 0 Å². The van der Waals surface area contributed by atoms with E-state index in [1.54, 1.807) is 0 Å². The maximum absolute atomic E-state index is 4.83. The van der Waals surface area contributed by atoms with Gasteiger partial charge in [0.1, 0.15) is 0 Å². The summed E-state index contributed by atoms with van der Waals surface area (Å²) in [5.74, 6) is 0. The molecule has 0 saturated heterocycles. The van der Waals surface area contributed by atoms with E-state index in [9.17, 15) is 0 Å². The van der Waals surface area contributed by atoms with E-state index in [2.05, 4.69) is 74.4 Å². The molecule has 0 radical (unpaired) electrons. The second-order valence-corrected chi connectivity index (χ2v) is 8.27. The summed E-state index contributed by atoms with van der Waals surface area (Å²) in [6, 6.07) is 17.0. The van der Waals surface area contributed by atoms with Crippen LogP contribution in [0.3, 0.4) is 0 Å². The van der Waals surface area contributed by atoms with Gasteiger partial charge in [-0.2, -0.15) is 0 Å². The third-order valence-corrected chi connectivity index (χ3v) is 5.55. The lowest BCUT2D eigenvalue weighted by Gasteiger charge is -2.15. The fourth-order valence-electron chi connectivity index (χ4n) is 3.79. The molecule has 0 spiro atoms. The van der Waals surface area contributed by atoms with E-state index in [4.69, 9.17) is 4.99 Å². The van der Waals surface area contributed by atoms with Gasteiger partial charge >= 0.3 is 0 Å². The fourth-order valence-corrected chi connectivity index (χ4v) is 3.79. The average molecular weight is 393 g/mol. The summed E-state index contributed by atoms with van der Waals surface area (Å²) in [6.07, 6.45) is 16.9. The molecule has 0 bridgehead atoms. The standard InChI is InChI=1S/C27H40N2/c1-4-5-6-7-8-9-10-11-12-13-18-24-19-14-16-21-26(24)28-23-25-20-15-17-22-27(25)29(2)3/h14-17,19-23H,4-13,18H2,1-3H3. The minimum Gasteiger partial charge on any atom is -0.377 e. The summed E-state index contributed by atoms with van der Waals surface area (Å²) >= 11 is 0. The lowest BCUT2D eigenvalue weighted by atomic mass is 10.0. The highest BCUT2D eigenvalue weighted by Crippen LogP contribution is 2.23. The number of nitrogens with zero attached hydrogens (tertiary/aromatic N) is 2. The van der Waals surface area contributed by atoms with Crippen LogP contribution in [0.2, 0.25) is 0 Å². The van der Waals surface area contributed by atoms with E-state index in [1.165, 1.54) is 75.5 Å². The molecule has 0 amide bonds. The van der Waals surface area contributed by atoms with E-state index in [1.807, 2.05) is 6.21 Å². The molecule has 0 aliphatic rings. The number of para-hydroxylation sites is 2. The molecule has 0 saturated carbocycles. The minimum absolute atomic E-state index is 1.11. The molecule has 29 heavy (non-hydrogen) atoms. The van der Waals surface area contributed by atoms with Crippen LogP contribution in [0.1, 0.15) is 82.3 Å². The minimum atomic E-state index is 1.11. The number of unbranched alkanes of at least 4 members (excludes halogenated alkanes) is 9. The molecule has 0 fully saturated rings. The SMILES string of the molecule is CCCCCCCCCCCCc1ccccc1N=Cc1ccccc1N(C)C.